The van der Waals surface area contributed by atoms with Crippen LogP contribution in [0.25, 0.3) is 10.9 Å². The molecule has 0 saturated heterocycles. The van der Waals surface area contributed by atoms with E-state index in [0.717, 1.165) is 16.5 Å². The molecule has 0 bridgehead atoms. The van der Waals surface area contributed by atoms with Gasteiger partial charge in [0, 0.05) is 28.8 Å². The number of halogens is 1. The van der Waals surface area contributed by atoms with Crippen molar-refractivity contribution in [3.8, 4) is 0 Å². The highest BCUT2D eigenvalue weighted by Gasteiger charge is 2.62. The van der Waals surface area contributed by atoms with Crippen molar-refractivity contribution in [3.63, 3.8) is 0 Å². The third-order valence-electron chi connectivity index (χ3n) is 5.72. The summed E-state index contributed by atoms with van der Waals surface area (Å²) in [7, 11) is 0. The summed E-state index contributed by atoms with van der Waals surface area (Å²) >= 11 is 6.21. The Morgan fingerprint density at radius 1 is 1.31 bits per heavy atom. The van der Waals surface area contributed by atoms with Crippen molar-refractivity contribution < 1.29 is 9.90 Å². The molecule has 7 heteroatoms. The van der Waals surface area contributed by atoms with Crippen LogP contribution in [0, 0.1) is 11.8 Å². The Morgan fingerprint density at radius 2 is 2.12 bits per heavy atom. The lowest BCUT2D eigenvalue weighted by Crippen LogP contribution is -2.33. The molecule has 2 aromatic heterocycles. The lowest BCUT2D eigenvalue weighted by atomic mass is 9.86. The molecule has 1 amide bonds. The monoisotopic (exact) mass is 368 g/mol. The third kappa shape index (κ3) is 2.40. The van der Waals surface area contributed by atoms with E-state index in [1.807, 2.05) is 12.1 Å². The van der Waals surface area contributed by atoms with Crippen molar-refractivity contribution in [1.82, 2.24) is 20.5 Å². The number of carbonyl (C=O) groups is 1. The number of benzene rings is 1. The lowest BCUT2D eigenvalue weighted by Gasteiger charge is -2.27. The Bertz CT molecular complexity index is 991. The molecule has 5 rings (SSSR count). The quantitative estimate of drug-likeness (QED) is 0.662. The SMILES string of the molecule is O=C(N[C@H]1[C@@H]2C[C@](O)(c3cc(Cl)cc4[nH]ncc34)C[C@@H]21)c1cccnc1. The predicted octanol–water partition coefficient (Wildman–Crippen LogP) is 2.64. The first-order chi connectivity index (χ1) is 12.5. The minimum absolute atomic E-state index is 0.110. The van der Waals surface area contributed by atoms with Crippen LogP contribution in [0.4, 0.5) is 0 Å². The van der Waals surface area contributed by atoms with Gasteiger partial charge < -0.3 is 10.4 Å². The van der Waals surface area contributed by atoms with Gasteiger partial charge >= 0.3 is 0 Å². The summed E-state index contributed by atoms with van der Waals surface area (Å²) in [6, 6.07) is 7.24. The fourth-order valence-electron chi connectivity index (χ4n) is 4.43. The Hall–Kier alpha value is -2.44. The number of aliphatic hydroxyl groups is 1. The van der Waals surface area contributed by atoms with Crippen LogP contribution in [0.3, 0.4) is 0 Å². The van der Waals surface area contributed by atoms with Gasteiger partial charge in [0.1, 0.15) is 0 Å². The molecule has 2 aliphatic carbocycles. The van der Waals surface area contributed by atoms with Gasteiger partial charge in [-0.2, -0.15) is 5.10 Å². The smallest absolute Gasteiger partial charge is 0.253 e. The van der Waals surface area contributed by atoms with Crippen LogP contribution >= 0.6 is 11.6 Å². The average molecular weight is 369 g/mol. The van der Waals surface area contributed by atoms with Gasteiger partial charge in [-0.15, -0.1) is 0 Å². The number of aromatic amines is 1. The molecular weight excluding hydrogens is 352 g/mol. The molecule has 26 heavy (non-hydrogen) atoms. The average Bonchev–Trinajstić information content (AvgIpc) is 3.01. The number of nitrogens with zero attached hydrogens (tertiary/aromatic N) is 2. The minimum Gasteiger partial charge on any atom is -0.385 e. The van der Waals surface area contributed by atoms with Gasteiger partial charge in [0.15, 0.2) is 0 Å². The Balaban J connectivity index is 1.34. The van der Waals surface area contributed by atoms with Crippen molar-refractivity contribution in [2.75, 3.05) is 0 Å². The zero-order chi connectivity index (χ0) is 17.9. The van der Waals surface area contributed by atoms with E-state index in [2.05, 4.69) is 20.5 Å². The molecule has 132 valence electrons. The zero-order valence-corrected chi connectivity index (χ0v) is 14.6. The fourth-order valence-corrected chi connectivity index (χ4v) is 4.65. The molecule has 3 N–H and O–H groups in total. The number of pyridine rings is 1. The topological polar surface area (TPSA) is 90.9 Å². The van der Waals surface area contributed by atoms with Gasteiger partial charge in [0.25, 0.3) is 5.91 Å². The third-order valence-corrected chi connectivity index (χ3v) is 5.94. The highest BCUT2D eigenvalue weighted by molar-refractivity contribution is 6.31. The van der Waals surface area contributed by atoms with E-state index in [-0.39, 0.29) is 23.8 Å². The first-order valence-corrected chi connectivity index (χ1v) is 8.99. The fraction of sp³-hybridized carbons (Fsp3) is 0.316. The number of rotatable bonds is 3. The zero-order valence-electron chi connectivity index (χ0n) is 13.8. The van der Waals surface area contributed by atoms with Gasteiger partial charge in [-0.05, 0) is 54.5 Å². The number of carbonyl (C=O) groups excluding carboxylic acids is 1. The normalized spacial score (nSPS) is 29.5. The Morgan fingerprint density at radius 3 is 2.85 bits per heavy atom. The van der Waals surface area contributed by atoms with E-state index < -0.39 is 5.60 Å². The second-order valence-corrected chi connectivity index (χ2v) is 7.73. The first kappa shape index (κ1) is 15.8. The number of aromatic nitrogens is 3. The van der Waals surface area contributed by atoms with Gasteiger partial charge in [-0.25, -0.2) is 0 Å². The van der Waals surface area contributed by atoms with E-state index in [1.54, 1.807) is 30.7 Å². The van der Waals surface area contributed by atoms with Crippen LogP contribution in [-0.2, 0) is 5.60 Å². The molecule has 6 nitrogen and oxygen atoms in total. The largest absolute Gasteiger partial charge is 0.385 e. The second-order valence-electron chi connectivity index (χ2n) is 7.29. The van der Waals surface area contributed by atoms with Crippen molar-refractivity contribution in [2.45, 2.75) is 24.5 Å². The summed E-state index contributed by atoms with van der Waals surface area (Å²) in [6.45, 7) is 0. The van der Waals surface area contributed by atoms with Crippen molar-refractivity contribution in [2.24, 2.45) is 11.8 Å². The Labute approximate surface area is 154 Å². The minimum atomic E-state index is -0.933. The lowest BCUT2D eigenvalue weighted by molar-refractivity contribution is 0.0293. The molecule has 0 spiro atoms. The Kier molecular flexibility index (Phi) is 3.36. The maximum absolute atomic E-state index is 12.3. The predicted molar refractivity (Wildman–Crippen MR) is 96.7 cm³/mol. The molecule has 0 radical (unpaired) electrons. The van der Waals surface area contributed by atoms with Crippen LogP contribution < -0.4 is 5.32 Å². The number of nitrogens with one attached hydrogen (secondary N) is 2. The van der Waals surface area contributed by atoms with Crippen molar-refractivity contribution >= 4 is 28.4 Å². The summed E-state index contributed by atoms with van der Waals surface area (Å²) in [5.41, 5.74) is 1.27. The van der Waals surface area contributed by atoms with Gasteiger partial charge in [0.2, 0.25) is 0 Å². The molecule has 4 atom stereocenters. The summed E-state index contributed by atoms with van der Waals surface area (Å²) < 4.78 is 0. The molecule has 3 aromatic rings. The number of H-pyrrole nitrogens is 1. The van der Waals surface area contributed by atoms with Crippen molar-refractivity contribution in [1.29, 1.82) is 0 Å². The summed E-state index contributed by atoms with van der Waals surface area (Å²) in [5.74, 6) is 0.448. The molecule has 0 aliphatic heterocycles. The van der Waals surface area contributed by atoms with E-state index in [1.165, 1.54) is 0 Å². The maximum atomic E-state index is 12.3. The highest BCUT2D eigenvalue weighted by atomic mass is 35.5. The summed E-state index contributed by atoms with van der Waals surface area (Å²) in [4.78, 5) is 16.3. The van der Waals surface area contributed by atoms with E-state index >= 15 is 0 Å². The molecule has 2 saturated carbocycles. The summed E-state index contributed by atoms with van der Waals surface area (Å²) in [6.07, 6.45) is 6.15. The molecule has 2 aliphatic rings. The molecule has 0 unspecified atom stereocenters. The van der Waals surface area contributed by atoms with E-state index in [0.29, 0.717) is 23.4 Å². The standard InChI is InChI=1S/C19H17ClN4O2/c20-11-4-15(14-9-22-24-16(14)5-11)19(26)6-12-13(7-19)17(12)23-18(25)10-2-1-3-21-8-10/h1-5,8-9,12-13,17,26H,6-7H2,(H,22,24)(H,23,25)/t12-,13+,17+,19-. The number of amides is 1. The molecule has 2 fully saturated rings. The summed E-state index contributed by atoms with van der Waals surface area (Å²) in [5, 5.41) is 22.8. The number of fused-ring (bicyclic) bond motifs is 2. The van der Waals surface area contributed by atoms with Gasteiger partial charge in [-0.3, -0.25) is 14.9 Å². The van der Waals surface area contributed by atoms with Crippen molar-refractivity contribution in [3.05, 3.63) is 59.0 Å². The highest BCUT2D eigenvalue weighted by Crippen LogP contribution is 2.60. The molecule has 1 aromatic carbocycles. The van der Waals surface area contributed by atoms with E-state index in [4.69, 9.17) is 11.6 Å². The molecule has 2 heterocycles. The van der Waals surface area contributed by atoms with Gasteiger partial charge in [0.05, 0.1) is 22.9 Å². The number of hydrogen-bond acceptors (Lipinski definition) is 4. The van der Waals surface area contributed by atoms with E-state index in [9.17, 15) is 9.90 Å². The van der Waals surface area contributed by atoms with Crippen LogP contribution in [0.5, 0.6) is 0 Å². The second kappa shape index (κ2) is 5.53. The van der Waals surface area contributed by atoms with Crippen LogP contribution in [0.15, 0.2) is 42.9 Å². The maximum Gasteiger partial charge on any atom is 0.253 e. The van der Waals surface area contributed by atoms with Crippen LogP contribution in [-0.4, -0.2) is 32.2 Å². The first-order valence-electron chi connectivity index (χ1n) is 8.61. The van der Waals surface area contributed by atoms with Crippen LogP contribution in [0.1, 0.15) is 28.8 Å². The van der Waals surface area contributed by atoms with Gasteiger partial charge in [-0.1, -0.05) is 11.6 Å². The number of hydrogen-bond donors (Lipinski definition) is 3. The van der Waals surface area contributed by atoms with Crippen LogP contribution in [0.2, 0.25) is 5.02 Å². The molecular formula is C19H17ClN4O2.